The summed E-state index contributed by atoms with van der Waals surface area (Å²) in [5, 5.41) is 3.42. The Morgan fingerprint density at radius 1 is 1.05 bits per heavy atom. The molecule has 2 unspecified atom stereocenters. The maximum absolute atomic E-state index is 11.7. The van der Waals surface area contributed by atoms with Gasteiger partial charge in [-0.15, -0.1) is 0 Å². The number of nitrogens with two attached hydrogens (primary N) is 1. The second kappa shape index (κ2) is 4.76. The summed E-state index contributed by atoms with van der Waals surface area (Å²) >= 11 is 0. The first-order chi connectivity index (χ1) is 9.25. The highest BCUT2D eigenvalue weighted by Crippen LogP contribution is 2.34. The molecule has 0 aromatic heterocycles. The highest BCUT2D eigenvalue weighted by Gasteiger charge is 2.35. The summed E-state index contributed by atoms with van der Waals surface area (Å²) in [6.07, 6.45) is 0.832. The Morgan fingerprint density at radius 3 is 2.47 bits per heavy atom. The molecule has 0 fully saturated rings. The molecular formula is C16H16N2O. The van der Waals surface area contributed by atoms with Crippen molar-refractivity contribution in [3.63, 3.8) is 0 Å². The lowest BCUT2D eigenvalue weighted by Gasteiger charge is -2.20. The van der Waals surface area contributed by atoms with Crippen LogP contribution in [0.1, 0.15) is 17.0 Å². The molecule has 1 amide bonds. The highest BCUT2D eigenvalue weighted by atomic mass is 16.1. The molecular weight excluding hydrogens is 236 g/mol. The smallest absolute Gasteiger partial charge is 0.227 e. The van der Waals surface area contributed by atoms with E-state index in [1.165, 1.54) is 5.56 Å². The third kappa shape index (κ3) is 2.19. The molecule has 3 nitrogen and oxygen atoms in total. The van der Waals surface area contributed by atoms with Gasteiger partial charge in [-0.2, -0.15) is 0 Å². The predicted octanol–water partition coefficient (Wildman–Crippen LogP) is 2.29. The SMILES string of the molecule is NC(=O)C1c2ccccc2CC1Nc1ccccc1. The summed E-state index contributed by atoms with van der Waals surface area (Å²) in [7, 11) is 0. The maximum atomic E-state index is 11.7. The Labute approximate surface area is 112 Å². The van der Waals surface area contributed by atoms with E-state index in [9.17, 15) is 4.79 Å². The molecule has 0 radical (unpaired) electrons. The van der Waals surface area contributed by atoms with Gasteiger partial charge in [0.25, 0.3) is 0 Å². The van der Waals surface area contributed by atoms with E-state index in [4.69, 9.17) is 5.73 Å². The Hall–Kier alpha value is -2.29. The molecule has 1 aliphatic carbocycles. The van der Waals surface area contributed by atoms with Gasteiger partial charge in [-0.3, -0.25) is 4.79 Å². The van der Waals surface area contributed by atoms with E-state index in [2.05, 4.69) is 11.4 Å². The van der Waals surface area contributed by atoms with Gasteiger partial charge in [-0.1, -0.05) is 42.5 Å². The topological polar surface area (TPSA) is 55.1 Å². The van der Waals surface area contributed by atoms with E-state index in [1.54, 1.807) is 0 Å². The number of rotatable bonds is 3. The van der Waals surface area contributed by atoms with Crippen molar-refractivity contribution in [2.75, 3.05) is 5.32 Å². The van der Waals surface area contributed by atoms with E-state index >= 15 is 0 Å². The molecule has 2 aromatic rings. The van der Waals surface area contributed by atoms with E-state index in [0.717, 1.165) is 17.7 Å². The van der Waals surface area contributed by atoms with Crippen LogP contribution in [0.4, 0.5) is 5.69 Å². The van der Waals surface area contributed by atoms with Crippen LogP contribution >= 0.6 is 0 Å². The van der Waals surface area contributed by atoms with Gasteiger partial charge in [-0.05, 0) is 29.7 Å². The number of carbonyl (C=O) groups excluding carboxylic acids is 1. The van der Waals surface area contributed by atoms with Crippen molar-refractivity contribution in [1.29, 1.82) is 0 Å². The number of hydrogen-bond acceptors (Lipinski definition) is 2. The van der Waals surface area contributed by atoms with Crippen molar-refractivity contribution in [1.82, 2.24) is 0 Å². The fraction of sp³-hybridized carbons (Fsp3) is 0.188. The Bertz CT molecular complexity index is 595. The average Bonchev–Trinajstić information content (AvgIpc) is 2.77. The largest absolute Gasteiger partial charge is 0.381 e. The van der Waals surface area contributed by atoms with Crippen LogP contribution in [0.15, 0.2) is 54.6 Å². The summed E-state index contributed by atoms with van der Waals surface area (Å²) < 4.78 is 0. The van der Waals surface area contributed by atoms with Gasteiger partial charge in [0.15, 0.2) is 0 Å². The minimum absolute atomic E-state index is 0.0392. The van der Waals surface area contributed by atoms with Gasteiger partial charge in [0.2, 0.25) is 5.91 Å². The standard InChI is InChI=1S/C16H16N2O/c17-16(19)15-13-9-5-4-6-11(13)10-14(15)18-12-7-2-1-3-8-12/h1-9,14-15,18H,10H2,(H2,17,19). The molecule has 3 rings (SSSR count). The number of benzene rings is 2. The van der Waals surface area contributed by atoms with E-state index in [-0.39, 0.29) is 17.9 Å². The van der Waals surface area contributed by atoms with E-state index in [1.807, 2.05) is 48.5 Å². The third-order valence-corrected chi connectivity index (χ3v) is 3.66. The quantitative estimate of drug-likeness (QED) is 0.880. The number of carbonyl (C=O) groups is 1. The molecule has 3 heteroatoms. The molecule has 2 aromatic carbocycles. The fourth-order valence-corrected chi connectivity index (χ4v) is 2.83. The van der Waals surface area contributed by atoms with Crippen LogP contribution in [0.25, 0.3) is 0 Å². The summed E-state index contributed by atoms with van der Waals surface area (Å²) in [5.74, 6) is -0.519. The Balaban J connectivity index is 1.89. The third-order valence-electron chi connectivity index (χ3n) is 3.66. The zero-order chi connectivity index (χ0) is 13.2. The van der Waals surface area contributed by atoms with Crippen molar-refractivity contribution < 1.29 is 4.79 Å². The van der Waals surface area contributed by atoms with Gasteiger partial charge in [0.05, 0.1) is 5.92 Å². The van der Waals surface area contributed by atoms with Crippen LogP contribution in [0.5, 0.6) is 0 Å². The van der Waals surface area contributed by atoms with Gasteiger partial charge in [0, 0.05) is 11.7 Å². The first-order valence-corrected chi connectivity index (χ1v) is 6.44. The highest BCUT2D eigenvalue weighted by molar-refractivity contribution is 5.85. The van der Waals surface area contributed by atoms with Crippen LogP contribution in [0, 0.1) is 0 Å². The lowest BCUT2D eigenvalue weighted by atomic mass is 9.97. The Kier molecular flexibility index (Phi) is 2.95. The monoisotopic (exact) mass is 252 g/mol. The normalized spacial score (nSPS) is 20.8. The molecule has 96 valence electrons. The van der Waals surface area contributed by atoms with Crippen molar-refractivity contribution in [2.45, 2.75) is 18.4 Å². The summed E-state index contributed by atoms with van der Waals surface area (Å²) in [5.41, 5.74) is 8.86. The summed E-state index contributed by atoms with van der Waals surface area (Å²) in [6, 6.07) is 18.0. The number of para-hydroxylation sites is 1. The molecule has 0 saturated carbocycles. The number of anilines is 1. The molecule has 0 heterocycles. The second-order valence-corrected chi connectivity index (χ2v) is 4.90. The molecule has 2 atom stereocenters. The van der Waals surface area contributed by atoms with Crippen LogP contribution in [0.3, 0.4) is 0 Å². The second-order valence-electron chi connectivity index (χ2n) is 4.90. The summed E-state index contributed by atoms with van der Waals surface area (Å²) in [6.45, 7) is 0. The number of fused-ring (bicyclic) bond motifs is 1. The minimum atomic E-state index is -0.265. The van der Waals surface area contributed by atoms with Crippen molar-refractivity contribution in [2.24, 2.45) is 5.73 Å². The number of amides is 1. The van der Waals surface area contributed by atoms with Gasteiger partial charge >= 0.3 is 0 Å². The number of nitrogens with one attached hydrogen (secondary N) is 1. The first-order valence-electron chi connectivity index (χ1n) is 6.44. The van der Waals surface area contributed by atoms with Gasteiger partial charge in [0.1, 0.15) is 0 Å². The number of hydrogen-bond donors (Lipinski definition) is 2. The van der Waals surface area contributed by atoms with Crippen LogP contribution < -0.4 is 11.1 Å². The molecule has 0 saturated heterocycles. The molecule has 1 aliphatic rings. The number of primary amides is 1. The molecule has 0 bridgehead atoms. The van der Waals surface area contributed by atoms with Crippen LogP contribution in [-0.4, -0.2) is 11.9 Å². The Morgan fingerprint density at radius 2 is 1.74 bits per heavy atom. The van der Waals surface area contributed by atoms with Gasteiger partial charge in [-0.25, -0.2) is 0 Å². The lowest BCUT2D eigenvalue weighted by Crippen LogP contribution is -2.33. The molecule has 0 spiro atoms. The fourth-order valence-electron chi connectivity index (χ4n) is 2.83. The van der Waals surface area contributed by atoms with Crippen LogP contribution in [0.2, 0.25) is 0 Å². The van der Waals surface area contributed by atoms with E-state index < -0.39 is 0 Å². The summed E-state index contributed by atoms with van der Waals surface area (Å²) in [4.78, 5) is 11.7. The molecule has 3 N–H and O–H groups in total. The maximum Gasteiger partial charge on any atom is 0.227 e. The van der Waals surface area contributed by atoms with Crippen LogP contribution in [-0.2, 0) is 11.2 Å². The van der Waals surface area contributed by atoms with E-state index in [0.29, 0.717) is 0 Å². The average molecular weight is 252 g/mol. The van der Waals surface area contributed by atoms with Crippen molar-refractivity contribution >= 4 is 11.6 Å². The van der Waals surface area contributed by atoms with Crippen molar-refractivity contribution in [3.05, 3.63) is 65.7 Å². The zero-order valence-electron chi connectivity index (χ0n) is 10.5. The zero-order valence-corrected chi connectivity index (χ0v) is 10.5. The first kappa shape index (κ1) is 11.8. The molecule has 0 aliphatic heterocycles. The lowest BCUT2D eigenvalue weighted by molar-refractivity contribution is -0.119. The molecule has 19 heavy (non-hydrogen) atoms. The van der Waals surface area contributed by atoms with Crippen molar-refractivity contribution in [3.8, 4) is 0 Å². The predicted molar refractivity (Wildman–Crippen MR) is 75.9 cm³/mol. The minimum Gasteiger partial charge on any atom is -0.381 e. The van der Waals surface area contributed by atoms with Gasteiger partial charge < -0.3 is 11.1 Å².